The van der Waals surface area contributed by atoms with E-state index in [4.69, 9.17) is 0 Å². The monoisotopic (exact) mass is 194 g/mol. The molecule has 1 fully saturated rings. The van der Waals surface area contributed by atoms with Gasteiger partial charge in [-0.25, -0.2) is 0 Å². The fourth-order valence-electron chi connectivity index (χ4n) is 2.18. The number of likely N-dealkylation sites (tertiary alicyclic amines) is 1. The molecule has 0 saturated carbocycles. The quantitative estimate of drug-likeness (QED) is 0.382. The lowest BCUT2D eigenvalue weighted by Crippen LogP contribution is -2.37. The second kappa shape index (κ2) is 3.22. The summed E-state index contributed by atoms with van der Waals surface area (Å²) >= 11 is 0. The van der Waals surface area contributed by atoms with Gasteiger partial charge in [0.05, 0.1) is 19.2 Å². The molecular weight excluding hydrogens is 180 g/mol. The van der Waals surface area contributed by atoms with E-state index in [2.05, 4.69) is 0 Å². The minimum Gasteiger partial charge on any atom is -0.633 e. The largest absolute Gasteiger partial charge is 0.633 e. The van der Waals surface area contributed by atoms with Crippen molar-refractivity contribution in [3.05, 3.63) is 40.5 Å². The van der Waals surface area contributed by atoms with Crippen LogP contribution in [0.2, 0.25) is 0 Å². The first-order chi connectivity index (χ1) is 6.59. The Hall–Kier alpha value is -1.13. The van der Waals surface area contributed by atoms with E-state index in [9.17, 15) is 10.4 Å². The highest BCUT2D eigenvalue weighted by Gasteiger charge is 2.33. The van der Waals surface area contributed by atoms with E-state index in [0.29, 0.717) is 6.54 Å². The Bertz CT molecular complexity index is 339. The third-order valence-electron chi connectivity index (χ3n) is 2.92. The van der Waals surface area contributed by atoms with E-state index < -0.39 is 0 Å². The number of nitrogens with zero attached hydrogens (tertiary/aromatic N) is 2. The van der Waals surface area contributed by atoms with Crippen molar-refractivity contribution in [1.82, 2.24) is 0 Å². The Morgan fingerprint density at radius 2 is 2.36 bits per heavy atom. The molecule has 1 aromatic heterocycles. The van der Waals surface area contributed by atoms with Crippen molar-refractivity contribution in [2.24, 2.45) is 0 Å². The second-order valence-corrected chi connectivity index (χ2v) is 4.05. The average molecular weight is 194 g/mol. The van der Waals surface area contributed by atoms with Crippen LogP contribution in [0, 0.1) is 10.4 Å². The van der Waals surface area contributed by atoms with Crippen molar-refractivity contribution >= 4 is 0 Å². The Labute approximate surface area is 83.1 Å². The fourth-order valence-corrected chi connectivity index (χ4v) is 2.18. The highest BCUT2D eigenvalue weighted by Crippen LogP contribution is 2.35. The van der Waals surface area contributed by atoms with Gasteiger partial charge in [-0.1, -0.05) is 0 Å². The van der Waals surface area contributed by atoms with Crippen molar-refractivity contribution in [2.45, 2.75) is 18.9 Å². The third kappa shape index (κ3) is 1.58. The number of hydroxylamine groups is 3. The Morgan fingerprint density at radius 1 is 1.57 bits per heavy atom. The average Bonchev–Trinajstić information content (AvgIpc) is 2.45. The van der Waals surface area contributed by atoms with Crippen molar-refractivity contribution in [3.8, 4) is 0 Å². The van der Waals surface area contributed by atoms with Gasteiger partial charge in [0.1, 0.15) is 6.04 Å². The summed E-state index contributed by atoms with van der Waals surface area (Å²) in [7, 11) is 1.68. The number of hydrogen-bond donors (Lipinski definition) is 0. The van der Waals surface area contributed by atoms with Crippen LogP contribution in [0.3, 0.4) is 0 Å². The van der Waals surface area contributed by atoms with Crippen LogP contribution in [-0.4, -0.2) is 18.2 Å². The van der Waals surface area contributed by atoms with Crippen molar-refractivity contribution < 1.29 is 9.38 Å². The lowest BCUT2D eigenvalue weighted by atomic mass is 10.1. The molecular formula is C10H14N2O2. The first-order valence-corrected chi connectivity index (χ1v) is 4.84. The summed E-state index contributed by atoms with van der Waals surface area (Å²) in [5.74, 6) is 0. The number of aromatic nitrogens is 1. The molecule has 4 nitrogen and oxygen atoms in total. The van der Waals surface area contributed by atoms with E-state index in [1.807, 2.05) is 6.07 Å². The highest BCUT2D eigenvalue weighted by atomic mass is 16.5. The van der Waals surface area contributed by atoms with E-state index in [1.165, 1.54) is 12.4 Å². The Balaban J connectivity index is 2.31. The van der Waals surface area contributed by atoms with Crippen LogP contribution < -0.4 is 4.73 Å². The molecule has 1 aromatic rings. The molecule has 2 rings (SSSR count). The van der Waals surface area contributed by atoms with Crippen LogP contribution >= 0.6 is 0 Å². The molecule has 1 unspecified atom stereocenters. The molecule has 0 spiro atoms. The second-order valence-electron chi connectivity index (χ2n) is 4.05. The lowest BCUT2D eigenvalue weighted by molar-refractivity contribution is -0.879. The number of rotatable bonds is 1. The van der Waals surface area contributed by atoms with E-state index >= 15 is 0 Å². The molecule has 0 aliphatic carbocycles. The topological polar surface area (TPSA) is 50.0 Å². The van der Waals surface area contributed by atoms with Crippen LogP contribution in [0.5, 0.6) is 0 Å². The molecule has 0 aromatic carbocycles. The molecule has 2 heterocycles. The summed E-state index contributed by atoms with van der Waals surface area (Å²) in [6.45, 7) is 0.651. The maximum Gasteiger partial charge on any atom is 0.189 e. The number of pyridine rings is 1. The summed E-state index contributed by atoms with van der Waals surface area (Å²) < 4.78 is 0.512. The first-order valence-electron chi connectivity index (χ1n) is 4.84. The molecule has 14 heavy (non-hydrogen) atoms. The normalized spacial score (nSPS) is 32.0. The molecule has 0 bridgehead atoms. The molecule has 4 heteroatoms. The van der Waals surface area contributed by atoms with Gasteiger partial charge >= 0.3 is 0 Å². The molecule has 1 saturated heterocycles. The van der Waals surface area contributed by atoms with Gasteiger partial charge in [-0.2, -0.15) is 4.73 Å². The maximum absolute atomic E-state index is 12.0. The molecule has 0 radical (unpaired) electrons. The van der Waals surface area contributed by atoms with Gasteiger partial charge in [0.15, 0.2) is 12.4 Å². The maximum atomic E-state index is 12.0. The molecule has 76 valence electrons. The zero-order valence-corrected chi connectivity index (χ0v) is 8.22. The van der Waals surface area contributed by atoms with Gasteiger partial charge in [0.2, 0.25) is 0 Å². The smallest absolute Gasteiger partial charge is 0.189 e. The number of hydrogen-bond acceptors (Lipinski definition) is 2. The van der Waals surface area contributed by atoms with Crippen molar-refractivity contribution in [1.29, 1.82) is 0 Å². The summed E-state index contributed by atoms with van der Waals surface area (Å²) in [6, 6.07) is 3.50. The van der Waals surface area contributed by atoms with Crippen molar-refractivity contribution in [3.63, 3.8) is 0 Å². The summed E-state index contributed by atoms with van der Waals surface area (Å²) in [5, 5.41) is 23.0. The molecule has 1 aliphatic rings. The predicted molar refractivity (Wildman–Crippen MR) is 51.8 cm³/mol. The Morgan fingerprint density at radius 3 is 2.93 bits per heavy atom. The zero-order chi connectivity index (χ0) is 10.2. The molecule has 0 N–H and O–H groups in total. The van der Waals surface area contributed by atoms with Crippen molar-refractivity contribution in [2.75, 3.05) is 13.6 Å². The van der Waals surface area contributed by atoms with Gasteiger partial charge in [0.25, 0.3) is 0 Å². The minimum atomic E-state index is -0.246. The standard InChI is InChI=1S/C10H14N2O2/c1-12(14)7-3-5-10(12)9-4-2-6-11(13)8-9/h2,4,6,8,10H,3,5,7H2,1H3/t10-,12?/m0/s1. The predicted octanol–water partition coefficient (Wildman–Crippen LogP) is 1.10. The molecule has 0 amide bonds. The van der Waals surface area contributed by atoms with Crippen LogP contribution in [0.25, 0.3) is 0 Å². The zero-order valence-electron chi connectivity index (χ0n) is 8.22. The summed E-state index contributed by atoms with van der Waals surface area (Å²) in [4.78, 5) is 0. The van der Waals surface area contributed by atoms with E-state index in [0.717, 1.165) is 23.1 Å². The van der Waals surface area contributed by atoms with E-state index in [1.54, 1.807) is 13.1 Å². The summed E-state index contributed by atoms with van der Waals surface area (Å²) in [5.41, 5.74) is 0.859. The summed E-state index contributed by atoms with van der Waals surface area (Å²) in [6.07, 6.45) is 4.76. The van der Waals surface area contributed by atoms with Gasteiger partial charge < -0.3 is 15.1 Å². The number of quaternary nitrogens is 1. The lowest BCUT2D eigenvalue weighted by Gasteiger charge is -2.39. The van der Waals surface area contributed by atoms with Gasteiger partial charge in [-0.15, -0.1) is 0 Å². The first kappa shape index (κ1) is 9.43. The van der Waals surface area contributed by atoms with Crippen LogP contribution in [0.15, 0.2) is 24.5 Å². The minimum absolute atomic E-state index is 0.0589. The Kier molecular flexibility index (Phi) is 2.17. The van der Waals surface area contributed by atoms with Crippen LogP contribution in [-0.2, 0) is 0 Å². The highest BCUT2D eigenvalue weighted by molar-refractivity contribution is 5.10. The molecule has 2 atom stereocenters. The van der Waals surface area contributed by atoms with Gasteiger partial charge in [0, 0.05) is 18.9 Å². The van der Waals surface area contributed by atoms with E-state index in [-0.39, 0.29) is 10.7 Å². The SMILES string of the molecule is C[N+]1([O-])CCC[C@H]1c1ccc[n+]([O-])c1. The van der Waals surface area contributed by atoms with Crippen LogP contribution in [0.4, 0.5) is 0 Å². The fraction of sp³-hybridized carbons (Fsp3) is 0.500. The third-order valence-corrected chi connectivity index (χ3v) is 2.92. The van der Waals surface area contributed by atoms with Gasteiger partial charge in [-0.05, 0) is 6.07 Å². The van der Waals surface area contributed by atoms with Crippen LogP contribution in [0.1, 0.15) is 24.4 Å². The van der Waals surface area contributed by atoms with Gasteiger partial charge in [-0.3, -0.25) is 0 Å². The molecule has 1 aliphatic heterocycles.